The normalized spacial score (nSPS) is 10.7. The second-order valence-corrected chi connectivity index (χ2v) is 5.05. The number of benzene rings is 1. The summed E-state index contributed by atoms with van der Waals surface area (Å²) in [6.45, 7) is 3.89. The van der Waals surface area contributed by atoms with Crippen molar-refractivity contribution in [3.63, 3.8) is 0 Å². The molecule has 1 rings (SSSR count). The predicted molar refractivity (Wildman–Crippen MR) is 78.3 cm³/mol. The van der Waals surface area contributed by atoms with E-state index in [4.69, 9.17) is 5.26 Å². The number of hydrogen-bond donors (Lipinski definition) is 2. The summed E-state index contributed by atoms with van der Waals surface area (Å²) >= 11 is 0. The fraction of sp³-hybridized carbons (Fsp3) is 0.438. The molecular formula is C16H20N2O3. The Bertz CT molecular complexity index is 540. The van der Waals surface area contributed by atoms with E-state index in [1.807, 2.05) is 6.07 Å². The van der Waals surface area contributed by atoms with Crippen molar-refractivity contribution in [2.75, 3.05) is 0 Å². The minimum absolute atomic E-state index is 0.0222. The summed E-state index contributed by atoms with van der Waals surface area (Å²) in [4.78, 5) is 23.3. The third kappa shape index (κ3) is 4.32. The van der Waals surface area contributed by atoms with Crippen LogP contribution in [-0.2, 0) is 16.1 Å². The van der Waals surface area contributed by atoms with Crippen molar-refractivity contribution in [3.8, 4) is 6.07 Å². The molecule has 0 spiro atoms. The molecule has 5 nitrogen and oxygen atoms in total. The van der Waals surface area contributed by atoms with E-state index in [0.29, 0.717) is 24.9 Å². The lowest BCUT2D eigenvalue weighted by Crippen LogP contribution is -2.36. The van der Waals surface area contributed by atoms with Gasteiger partial charge in [-0.15, -0.1) is 0 Å². The molecule has 21 heavy (non-hydrogen) atoms. The van der Waals surface area contributed by atoms with Crippen LogP contribution in [0.5, 0.6) is 0 Å². The molecular weight excluding hydrogens is 268 g/mol. The molecule has 0 saturated heterocycles. The highest BCUT2D eigenvalue weighted by Gasteiger charge is 2.36. The van der Waals surface area contributed by atoms with Crippen LogP contribution in [0.25, 0.3) is 0 Å². The van der Waals surface area contributed by atoms with Crippen LogP contribution in [0, 0.1) is 16.7 Å². The third-order valence-electron chi connectivity index (χ3n) is 3.88. The third-order valence-corrected chi connectivity index (χ3v) is 3.88. The number of rotatable bonds is 7. The smallest absolute Gasteiger partial charge is 0.310 e. The first kappa shape index (κ1) is 16.7. The van der Waals surface area contributed by atoms with E-state index in [0.717, 1.165) is 5.56 Å². The second-order valence-electron chi connectivity index (χ2n) is 5.05. The molecule has 5 heteroatoms. The summed E-state index contributed by atoms with van der Waals surface area (Å²) in [7, 11) is 0. The molecule has 1 aromatic rings. The van der Waals surface area contributed by atoms with E-state index in [1.54, 1.807) is 38.1 Å². The lowest BCUT2D eigenvalue weighted by atomic mass is 9.79. The van der Waals surface area contributed by atoms with Crippen molar-refractivity contribution >= 4 is 11.9 Å². The van der Waals surface area contributed by atoms with E-state index in [1.165, 1.54) is 0 Å². The highest BCUT2D eigenvalue weighted by atomic mass is 16.4. The summed E-state index contributed by atoms with van der Waals surface area (Å²) in [6.07, 6.45) is 0.817. The molecule has 1 amide bonds. The highest BCUT2D eigenvalue weighted by molar-refractivity contribution is 5.84. The Balaban J connectivity index is 2.61. The van der Waals surface area contributed by atoms with Gasteiger partial charge in [-0.05, 0) is 30.5 Å². The molecule has 0 radical (unpaired) electrons. The maximum absolute atomic E-state index is 12.0. The van der Waals surface area contributed by atoms with Gasteiger partial charge in [-0.1, -0.05) is 26.0 Å². The quantitative estimate of drug-likeness (QED) is 0.806. The maximum Gasteiger partial charge on any atom is 0.310 e. The second kappa shape index (κ2) is 7.44. The van der Waals surface area contributed by atoms with Crippen LogP contribution in [0.3, 0.4) is 0 Å². The summed E-state index contributed by atoms with van der Waals surface area (Å²) in [5.74, 6) is -1.20. The summed E-state index contributed by atoms with van der Waals surface area (Å²) < 4.78 is 0. The Morgan fingerprint density at radius 3 is 2.24 bits per heavy atom. The monoisotopic (exact) mass is 288 g/mol. The lowest BCUT2D eigenvalue weighted by Gasteiger charge is -2.25. The Morgan fingerprint density at radius 2 is 1.81 bits per heavy atom. The summed E-state index contributed by atoms with van der Waals surface area (Å²) in [5.41, 5.74) is 0.442. The fourth-order valence-electron chi connectivity index (χ4n) is 2.15. The zero-order valence-corrected chi connectivity index (χ0v) is 12.3. The van der Waals surface area contributed by atoms with Crippen LogP contribution >= 0.6 is 0 Å². The molecule has 0 fully saturated rings. The van der Waals surface area contributed by atoms with Gasteiger partial charge in [0, 0.05) is 13.0 Å². The van der Waals surface area contributed by atoms with Gasteiger partial charge in [0.05, 0.1) is 17.0 Å². The van der Waals surface area contributed by atoms with E-state index < -0.39 is 11.4 Å². The van der Waals surface area contributed by atoms with E-state index >= 15 is 0 Å². The molecule has 112 valence electrons. The fourth-order valence-corrected chi connectivity index (χ4v) is 2.15. The lowest BCUT2D eigenvalue weighted by molar-refractivity contribution is -0.152. The van der Waals surface area contributed by atoms with Gasteiger partial charge >= 0.3 is 5.97 Å². The number of amides is 1. The minimum Gasteiger partial charge on any atom is -0.481 e. The number of carbonyl (C=O) groups is 2. The number of nitrogens with one attached hydrogen (secondary N) is 1. The number of nitrogens with zero attached hydrogens (tertiary/aromatic N) is 1. The topological polar surface area (TPSA) is 90.2 Å². The Labute approximate surface area is 124 Å². The molecule has 0 atom stereocenters. The molecule has 2 N–H and O–H groups in total. The maximum atomic E-state index is 12.0. The summed E-state index contributed by atoms with van der Waals surface area (Å²) in [6, 6.07) is 8.92. The van der Waals surface area contributed by atoms with Crippen LogP contribution in [-0.4, -0.2) is 17.0 Å². The molecule has 0 aliphatic heterocycles. The molecule has 0 aliphatic carbocycles. The first-order valence-electron chi connectivity index (χ1n) is 6.96. The number of hydrogen-bond acceptors (Lipinski definition) is 3. The number of carboxylic acids is 1. The van der Waals surface area contributed by atoms with Gasteiger partial charge in [-0.3, -0.25) is 9.59 Å². The van der Waals surface area contributed by atoms with Crippen molar-refractivity contribution in [1.82, 2.24) is 5.32 Å². The molecule has 0 saturated carbocycles. The molecule has 0 aromatic heterocycles. The van der Waals surface area contributed by atoms with Gasteiger partial charge in [0.15, 0.2) is 0 Å². The molecule has 0 unspecified atom stereocenters. The Kier molecular flexibility index (Phi) is 5.92. The van der Waals surface area contributed by atoms with Crippen molar-refractivity contribution in [2.24, 2.45) is 5.41 Å². The van der Waals surface area contributed by atoms with Crippen LogP contribution in [0.1, 0.15) is 44.2 Å². The van der Waals surface area contributed by atoms with Gasteiger partial charge in [-0.25, -0.2) is 0 Å². The average molecular weight is 288 g/mol. The van der Waals surface area contributed by atoms with Crippen LogP contribution in [0.2, 0.25) is 0 Å². The van der Waals surface area contributed by atoms with Crippen molar-refractivity contribution < 1.29 is 14.7 Å². The first-order chi connectivity index (χ1) is 9.97. The predicted octanol–water partition coefficient (Wildman–Crippen LogP) is 2.46. The van der Waals surface area contributed by atoms with E-state index in [-0.39, 0.29) is 12.3 Å². The molecule has 0 bridgehead atoms. The van der Waals surface area contributed by atoms with Gasteiger partial charge in [0.2, 0.25) is 5.91 Å². The zero-order chi connectivity index (χ0) is 15.9. The van der Waals surface area contributed by atoms with Crippen LogP contribution in [0.15, 0.2) is 24.3 Å². The summed E-state index contributed by atoms with van der Waals surface area (Å²) in [5, 5.41) is 20.7. The van der Waals surface area contributed by atoms with Gasteiger partial charge < -0.3 is 10.4 Å². The van der Waals surface area contributed by atoms with Gasteiger partial charge in [0.25, 0.3) is 0 Å². The molecule has 0 aliphatic rings. The standard InChI is InChI=1S/C16H20N2O3/c1-3-16(4-2,15(20)21)9-14(19)18-11-13-7-5-12(10-17)6-8-13/h5-8H,3-4,9,11H2,1-2H3,(H,18,19)(H,20,21). The van der Waals surface area contributed by atoms with Crippen molar-refractivity contribution in [2.45, 2.75) is 39.7 Å². The minimum atomic E-state index is -0.991. The zero-order valence-electron chi connectivity index (χ0n) is 12.3. The Hall–Kier alpha value is -2.35. The van der Waals surface area contributed by atoms with Gasteiger partial charge in [-0.2, -0.15) is 5.26 Å². The van der Waals surface area contributed by atoms with Crippen molar-refractivity contribution in [1.29, 1.82) is 5.26 Å². The van der Waals surface area contributed by atoms with E-state index in [9.17, 15) is 14.7 Å². The Morgan fingerprint density at radius 1 is 1.24 bits per heavy atom. The van der Waals surface area contributed by atoms with Crippen LogP contribution < -0.4 is 5.32 Å². The largest absolute Gasteiger partial charge is 0.481 e. The van der Waals surface area contributed by atoms with Gasteiger partial charge in [0.1, 0.15) is 0 Å². The highest BCUT2D eigenvalue weighted by Crippen LogP contribution is 2.30. The number of carbonyl (C=O) groups excluding carboxylic acids is 1. The number of carboxylic acid groups (broad SMARTS) is 1. The van der Waals surface area contributed by atoms with Crippen LogP contribution in [0.4, 0.5) is 0 Å². The van der Waals surface area contributed by atoms with E-state index in [2.05, 4.69) is 5.32 Å². The average Bonchev–Trinajstić information content (AvgIpc) is 2.50. The SMILES string of the molecule is CCC(CC)(CC(=O)NCc1ccc(C#N)cc1)C(=O)O. The molecule has 0 heterocycles. The molecule has 1 aromatic carbocycles. The first-order valence-corrected chi connectivity index (χ1v) is 6.96. The van der Waals surface area contributed by atoms with Crippen molar-refractivity contribution in [3.05, 3.63) is 35.4 Å². The number of nitriles is 1. The number of aliphatic carboxylic acids is 1.